The van der Waals surface area contributed by atoms with Gasteiger partial charge in [-0.1, -0.05) is 0 Å². The van der Waals surface area contributed by atoms with Crippen LogP contribution in [0.2, 0.25) is 0 Å². The largest absolute Gasteiger partial charge is 0.377 e. The van der Waals surface area contributed by atoms with Crippen molar-refractivity contribution in [2.75, 3.05) is 38.5 Å². The van der Waals surface area contributed by atoms with Gasteiger partial charge in [0.05, 0.1) is 11.9 Å². The molecule has 2 heterocycles. The fourth-order valence-electron chi connectivity index (χ4n) is 4.11. The molecule has 2 aliphatic heterocycles. The quantitative estimate of drug-likeness (QED) is 0.768. The summed E-state index contributed by atoms with van der Waals surface area (Å²) in [4.78, 5) is 0. The number of piperidine rings is 1. The van der Waals surface area contributed by atoms with Crippen molar-refractivity contribution in [3.63, 3.8) is 0 Å². The van der Waals surface area contributed by atoms with Crippen molar-refractivity contribution in [3.8, 4) is 0 Å². The van der Waals surface area contributed by atoms with Crippen LogP contribution in [0.15, 0.2) is 0 Å². The molecule has 2 saturated heterocycles. The third-order valence-electron chi connectivity index (χ3n) is 5.67. The summed E-state index contributed by atoms with van der Waals surface area (Å²) in [7, 11) is -3.04. The third kappa shape index (κ3) is 4.02. The Kier molecular flexibility index (Phi) is 5.43. The minimum atomic E-state index is -3.04. The molecule has 3 aliphatic rings. The predicted molar refractivity (Wildman–Crippen MR) is 87.2 cm³/mol. The summed E-state index contributed by atoms with van der Waals surface area (Å²) in [5.74, 6) is 2.92. The Labute approximate surface area is 134 Å². The number of ether oxygens (including phenoxy) is 1. The van der Waals surface area contributed by atoms with Crippen LogP contribution in [0.5, 0.6) is 0 Å². The highest BCUT2D eigenvalue weighted by molar-refractivity contribution is 7.89. The second-order valence-corrected chi connectivity index (χ2v) is 9.33. The van der Waals surface area contributed by atoms with Crippen LogP contribution >= 0.6 is 0 Å². The van der Waals surface area contributed by atoms with Crippen LogP contribution in [-0.4, -0.2) is 57.4 Å². The number of sulfonamides is 1. The Hall–Kier alpha value is -0.170. The molecule has 2 unspecified atom stereocenters. The molecular weight excluding hydrogens is 300 g/mol. The van der Waals surface area contributed by atoms with Crippen molar-refractivity contribution in [1.29, 1.82) is 0 Å². The minimum Gasteiger partial charge on any atom is -0.377 e. The third-order valence-corrected chi connectivity index (χ3v) is 7.52. The van der Waals surface area contributed by atoms with Crippen LogP contribution in [0.1, 0.15) is 39.0 Å². The van der Waals surface area contributed by atoms with E-state index < -0.39 is 10.0 Å². The lowest BCUT2D eigenvalue weighted by atomic mass is 9.91. The Morgan fingerprint density at radius 1 is 1.23 bits per heavy atom. The van der Waals surface area contributed by atoms with Gasteiger partial charge in [0.15, 0.2) is 0 Å². The van der Waals surface area contributed by atoms with E-state index in [4.69, 9.17) is 4.74 Å². The number of nitrogens with zero attached hydrogens (tertiary/aromatic N) is 1. The van der Waals surface area contributed by atoms with Crippen LogP contribution < -0.4 is 5.32 Å². The Morgan fingerprint density at radius 2 is 2.00 bits per heavy atom. The van der Waals surface area contributed by atoms with Gasteiger partial charge in [0.1, 0.15) is 0 Å². The second-order valence-electron chi connectivity index (χ2n) is 7.08. The monoisotopic (exact) mass is 330 g/mol. The Bertz CT molecular complexity index is 462. The molecule has 0 amide bonds. The van der Waals surface area contributed by atoms with Crippen molar-refractivity contribution in [3.05, 3.63) is 0 Å². The molecule has 0 radical (unpaired) electrons. The van der Waals surface area contributed by atoms with E-state index >= 15 is 0 Å². The molecule has 3 atom stereocenters. The van der Waals surface area contributed by atoms with Gasteiger partial charge in [0.2, 0.25) is 10.0 Å². The van der Waals surface area contributed by atoms with E-state index in [2.05, 4.69) is 5.32 Å². The average molecular weight is 330 g/mol. The van der Waals surface area contributed by atoms with Gasteiger partial charge in [0, 0.05) is 19.7 Å². The molecule has 5 nitrogen and oxygen atoms in total. The lowest BCUT2D eigenvalue weighted by molar-refractivity contribution is 0.0581. The van der Waals surface area contributed by atoms with Crippen LogP contribution in [-0.2, 0) is 14.8 Å². The van der Waals surface area contributed by atoms with E-state index in [-0.39, 0.29) is 11.9 Å². The van der Waals surface area contributed by atoms with Crippen LogP contribution in [0, 0.1) is 17.8 Å². The summed E-state index contributed by atoms with van der Waals surface area (Å²) in [5, 5.41) is 3.44. The van der Waals surface area contributed by atoms with E-state index in [1.807, 2.05) is 0 Å². The maximum atomic E-state index is 11.8. The van der Waals surface area contributed by atoms with Gasteiger partial charge in [-0.2, -0.15) is 4.31 Å². The summed E-state index contributed by atoms with van der Waals surface area (Å²) >= 11 is 0. The molecule has 0 aromatic rings. The normalized spacial score (nSPS) is 34.1. The van der Waals surface area contributed by atoms with Crippen LogP contribution in [0.25, 0.3) is 0 Å². The first-order chi connectivity index (χ1) is 10.6. The van der Waals surface area contributed by atoms with E-state index in [0.717, 1.165) is 37.2 Å². The first-order valence-corrected chi connectivity index (χ1v) is 10.5. The van der Waals surface area contributed by atoms with Crippen molar-refractivity contribution >= 4 is 10.0 Å². The van der Waals surface area contributed by atoms with Gasteiger partial charge >= 0.3 is 0 Å². The van der Waals surface area contributed by atoms with Gasteiger partial charge in [-0.15, -0.1) is 0 Å². The van der Waals surface area contributed by atoms with Gasteiger partial charge in [-0.25, -0.2) is 8.42 Å². The van der Waals surface area contributed by atoms with E-state index in [1.165, 1.54) is 32.4 Å². The number of rotatable bonds is 7. The zero-order chi connectivity index (χ0) is 15.6. The highest BCUT2D eigenvalue weighted by Crippen LogP contribution is 2.49. The number of nitrogens with one attached hydrogen (secondary N) is 1. The molecule has 3 rings (SSSR count). The smallest absolute Gasteiger partial charge is 0.213 e. The molecule has 1 N–H and O–H groups in total. The lowest BCUT2D eigenvalue weighted by Gasteiger charge is -2.22. The van der Waals surface area contributed by atoms with Gasteiger partial charge < -0.3 is 10.1 Å². The van der Waals surface area contributed by atoms with Gasteiger partial charge in [-0.3, -0.25) is 0 Å². The molecule has 0 spiro atoms. The fraction of sp³-hybridized carbons (Fsp3) is 1.00. The summed E-state index contributed by atoms with van der Waals surface area (Å²) in [5.41, 5.74) is 0. The summed E-state index contributed by atoms with van der Waals surface area (Å²) in [6, 6.07) is 0. The van der Waals surface area contributed by atoms with Gasteiger partial charge in [-0.05, 0) is 69.9 Å². The number of hydrogen-bond acceptors (Lipinski definition) is 4. The highest BCUT2D eigenvalue weighted by Gasteiger charge is 2.42. The van der Waals surface area contributed by atoms with Gasteiger partial charge in [0.25, 0.3) is 0 Å². The molecule has 0 bridgehead atoms. The van der Waals surface area contributed by atoms with E-state index in [9.17, 15) is 8.42 Å². The summed E-state index contributed by atoms with van der Waals surface area (Å²) in [6.45, 7) is 6.07. The zero-order valence-electron chi connectivity index (χ0n) is 13.7. The standard InChI is InChI=1S/C16H30N2O3S/c1-2-22(19,20)18-9-5-15(12-18)21-10-6-14-11-16(14)13-3-7-17-8-4-13/h13-17H,2-12H2,1H3/t14?,15?,16-/m1/s1. The highest BCUT2D eigenvalue weighted by atomic mass is 32.2. The van der Waals surface area contributed by atoms with Crippen LogP contribution in [0.3, 0.4) is 0 Å². The van der Waals surface area contributed by atoms with Crippen molar-refractivity contribution in [2.45, 2.75) is 45.1 Å². The topological polar surface area (TPSA) is 58.6 Å². The molecule has 0 aromatic heterocycles. The predicted octanol–water partition coefficient (Wildman–Crippen LogP) is 1.45. The summed E-state index contributed by atoms with van der Waals surface area (Å²) in [6.07, 6.45) is 6.18. The molecule has 1 aliphatic carbocycles. The second kappa shape index (κ2) is 7.16. The maximum Gasteiger partial charge on any atom is 0.213 e. The molecule has 1 saturated carbocycles. The Morgan fingerprint density at radius 3 is 2.73 bits per heavy atom. The van der Waals surface area contributed by atoms with Crippen molar-refractivity contribution < 1.29 is 13.2 Å². The number of hydrogen-bond donors (Lipinski definition) is 1. The first kappa shape index (κ1) is 16.7. The molecule has 0 aromatic carbocycles. The zero-order valence-corrected chi connectivity index (χ0v) is 14.5. The first-order valence-electron chi connectivity index (χ1n) is 8.90. The SMILES string of the molecule is CCS(=O)(=O)N1CCC(OCCC2C[C@@H]2C2CCNCC2)C1. The maximum absolute atomic E-state index is 11.8. The van der Waals surface area contributed by atoms with E-state index in [1.54, 1.807) is 11.2 Å². The fourth-order valence-corrected chi connectivity index (χ4v) is 5.25. The lowest BCUT2D eigenvalue weighted by Crippen LogP contribution is -2.31. The van der Waals surface area contributed by atoms with E-state index in [0.29, 0.717) is 13.1 Å². The Balaban J connectivity index is 1.32. The minimum absolute atomic E-state index is 0.109. The van der Waals surface area contributed by atoms with Crippen molar-refractivity contribution in [1.82, 2.24) is 9.62 Å². The molecule has 22 heavy (non-hydrogen) atoms. The molecule has 3 fully saturated rings. The average Bonchev–Trinajstić information content (AvgIpc) is 3.14. The van der Waals surface area contributed by atoms with Crippen molar-refractivity contribution in [2.24, 2.45) is 17.8 Å². The van der Waals surface area contributed by atoms with Crippen LogP contribution in [0.4, 0.5) is 0 Å². The molecule has 128 valence electrons. The molecular formula is C16H30N2O3S. The molecule has 6 heteroatoms. The summed E-state index contributed by atoms with van der Waals surface area (Å²) < 4.78 is 31.2.